The summed E-state index contributed by atoms with van der Waals surface area (Å²) >= 11 is 1.75. The third kappa shape index (κ3) is 1.18. The normalized spacial score (nSPS) is 27.5. The molecule has 1 atom stereocenters. The van der Waals surface area contributed by atoms with Crippen molar-refractivity contribution in [3.05, 3.63) is 22.6 Å². The van der Waals surface area contributed by atoms with Crippen molar-refractivity contribution < 1.29 is 4.79 Å². The van der Waals surface area contributed by atoms with Crippen molar-refractivity contribution in [2.24, 2.45) is 11.7 Å². The standard InChI is InChI=1S/C9H11NOS/c10-9(11)7-5-12-8-4-2-1-3-6(7)8/h2,4,7H,1,3,5H2,(H2,10,11). The van der Waals surface area contributed by atoms with E-state index >= 15 is 0 Å². The summed E-state index contributed by atoms with van der Waals surface area (Å²) in [7, 11) is 0. The summed E-state index contributed by atoms with van der Waals surface area (Å²) in [6.45, 7) is 0. The van der Waals surface area contributed by atoms with Gasteiger partial charge in [0.1, 0.15) is 0 Å². The van der Waals surface area contributed by atoms with Crippen molar-refractivity contribution in [2.45, 2.75) is 12.8 Å². The Morgan fingerprint density at radius 3 is 3.25 bits per heavy atom. The van der Waals surface area contributed by atoms with E-state index in [1.165, 1.54) is 10.5 Å². The fourth-order valence-corrected chi connectivity index (χ4v) is 3.01. The van der Waals surface area contributed by atoms with Crippen LogP contribution < -0.4 is 5.73 Å². The van der Waals surface area contributed by atoms with Crippen LogP contribution in [0.5, 0.6) is 0 Å². The summed E-state index contributed by atoms with van der Waals surface area (Å²) < 4.78 is 0. The molecule has 0 fully saturated rings. The predicted molar refractivity (Wildman–Crippen MR) is 50.5 cm³/mol. The second-order valence-electron chi connectivity index (χ2n) is 3.10. The zero-order valence-electron chi connectivity index (χ0n) is 6.75. The second-order valence-corrected chi connectivity index (χ2v) is 4.16. The van der Waals surface area contributed by atoms with Gasteiger partial charge < -0.3 is 5.73 Å². The SMILES string of the molecule is NC(=O)C1CSC2=C1CCC=C2. The van der Waals surface area contributed by atoms with Crippen LogP contribution in [0.4, 0.5) is 0 Å². The smallest absolute Gasteiger partial charge is 0.225 e. The van der Waals surface area contributed by atoms with Crippen molar-refractivity contribution in [1.82, 2.24) is 0 Å². The topological polar surface area (TPSA) is 43.1 Å². The Bertz CT molecular complexity index is 280. The van der Waals surface area contributed by atoms with Gasteiger partial charge in [-0.3, -0.25) is 4.79 Å². The van der Waals surface area contributed by atoms with Gasteiger partial charge in [-0.15, -0.1) is 11.8 Å². The summed E-state index contributed by atoms with van der Waals surface area (Å²) in [5.41, 5.74) is 6.57. The van der Waals surface area contributed by atoms with Crippen molar-refractivity contribution in [2.75, 3.05) is 5.75 Å². The van der Waals surface area contributed by atoms with Crippen LogP contribution in [0.1, 0.15) is 12.8 Å². The molecule has 0 saturated heterocycles. The van der Waals surface area contributed by atoms with Gasteiger partial charge in [0.05, 0.1) is 5.92 Å². The van der Waals surface area contributed by atoms with Crippen LogP contribution in [-0.2, 0) is 4.79 Å². The molecule has 1 aliphatic heterocycles. The minimum Gasteiger partial charge on any atom is -0.369 e. The number of hydrogen-bond acceptors (Lipinski definition) is 2. The van der Waals surface area contributed by atoms with Gasteiger partial charge in [-0.2, -0.15) is 0 Å². The van der Waals surface area contributed by atoms with E-state index in [9.17, 15) is 4.79 Å². The average molecular weight is 181 g/mol. The number of amides is 1. The first-order valence-electron chi connectivity index (χ1n) is 4.11. The molecule has 0 radical (unpaired) electrons. The third-order valence-electron chi connectivity index (χ3n) is 2.34. The van der Waals surface area contributed by atoms with Gasteiger partial charge in [-0.25, -0.2) is 0 Å². The molecule has 64 valence electrons. The van der Waals surface area contributed by atoms with Crippen LogP contribution in [-0.4, -0.2) is 11.7 Å². The summed E-state index contributed by atoms with van der Waals surface area (Å²) in [6.07, 6.45) is 6.36. The Labute approximate surface area is 75.9 Å². The molecule has 0 aromatic carbocycles. The van der Waals surface area contributed by atoms with Crippen LogP contribution in [0.3, 0.4) is 0 Å². The summed E-state index contributed by atoms with van der Waals surface area (Å²) in [4.78, 5) is 12.3. The molecular formula is C9H11NOS. The Morgan fingerprint density at radius 2 is 2.50 bits per heavy atom. The van der Waals surface area contributed by atoms with Crippen LogP contribution in [0.15, 0.2) is 22.6 Å². The minimum atomic E-state index is -0.164. The molecule has 1 unspecified atom stereocenters. The Morgan fingerprint density at radius 1 is 1.67 bits per heavy atom. The molecule has 0 saturated carbocycles. The monoisotopic (exact) mass is 181 g/mol. The van der Waals surface area contributed by atoms with Crippen molar-refractivity contribution in [3.63, 3.8) is 0 Å². The number of hydrogen-bond donors (Lipinski definition) is 1. The largest absolute Gasteiger partial charge is 0.369 e. The Balaban J connectivity index is 2.27. The molecule has 2 rings (SSSR count). The zero-order valence-corrected chi connectivity index (χ0v) is 7.56. The van der Waals surface area contributed by atoms with Crippen molar-refractivity contribution in [1.29, 1.82) is 0 Å². The van der Waals surface area contributed by atoms with Gasteiger partial charge in [0.15, 0.2) is 0 Å². The number of carbonyl (C=O) groups excluding carboxylic acids is 1. The van der Waals surface area contributed by atoms with Gasteiger partial charge in [0, 0.05) is 10.7 Å². The molecule has 0 aromatic rings. The van der Waals surface area contributed by atoms with Gasteiger partial charge in [0.2, 0.25) is 5.91 Å². The molecule has 1 heterocycles. The van der Waals surface area contributed by atoms with Crippen LogP contribution in [0, 0.1) is 5.92 Å². The van der Waals surface area contributed by atoms with Crippen molar-refractivity contribution in [3.8, 4) is 0 Å². The quantitative estimate of drug-likeness (QED) is 0.665. The number of allylic oxidation sites excluding steroid dienone is 2. The van der Waals surface area contributed by atoms with Crippen LogP contribution in [0.25, 0.3) is 0 Å². The molecular weight excluding hydrogens is 170 g/mol. The van der Waals surface area contributed by atoms with Crippen LogP contribution in [0.2, 0.25) is 0 Å². The van der Waals surface area contributed by atoms with Crippen molar-refractivity contribution >= 4 is 17.7 Å². The van der Waals surface area contributed by atoms with E-state index in [2.05, 4.69) is 12.2 Å². The molecule has 12 heavy (non-hydrogen) atoms. The number of carbonyl (C=O) groups is 1. The molecule has 3 heteroatoms. The van der Waals surface area contributed by atoms with Gasteiger partial charge in [-0.1, -0.05) is 12.2 Å². The molecule has 2 nitrogen and oxygen atoms in total. The van der Waals surface area contributed by atoms with E-state index in [-0.39, 0.29) is 11.8 Å². The van der Waals surface area contributed by atoms with E-state index in [1.54, 1.807) is 11.8 Å². The highest BCUT2D eigenvalue weighted by molar-refractivity contribution is 8.03. The lowest BCUT2D eigenvalue weighted by Crippen LogP contribution is -2.25. The summed E-state index contributed by atoms with van der Waals surface area (Å²) in [6, 6.07) is 0. The van der Waals surface area contributed by atoms with E-state index in [4.69, 9.17) is 5.73 Å². The lowest BCUT2D eigenvalue weighted by atomic mass is 9.93. The fourth-order valence-electron chi connectivity index (χ4n) is 1.67. The lowest BCUT2D eigenvalue weighted by Gasteiger charge is -2.11. The fraction of sp³-hybridized carbons (Fsp3) is 0.444. The van der Waals surface area contributed by atoms with Gasteiger partial charge >= 0.3 is 0 Å². The van der Waals surface area contributed by atoms with Gasteiger partial charge in [-0.05, 0) is 18.4 Å². The van der Waals surface area contributed by atoms with E-state index < -0.39 is 0 Å². The Hall–Kier alpha value is -0.700. The van der Waals surface area contributed by atoms with E-state index in [0.29, 0.717) is 0 Å². The summed E-state index contributed by atoms with van der Waals surface area (Å²) in [5, 5.41) is 0. The average Bonchev–Trinajstić information content (AvgIpc) is 2.47. The first kappa shape index (κ1) is 7.92. The molecule has 0 aromatic heterocycles. The Kier molecular flexibility index (Phi) is 1.97. The molecule has 2 N–H and O–H groups in total. The first-order chi connectivity index (χ1) is 5.79. The molecule has 0 bridgehead atoms. The maximum Gasteiger partial charge on any atom is 0.225 e. The highest BCUT2D eigenvalue weighted by atomic mass is 32.2. The highest BCUT2D eigenvalue weighted by Gasteiger charge is 2.29. The highest BCUT2D eigenvalue weighted by Crippen LogP contribution is 2.41. The number of nitrogens with two attached hydrogens (primary N) is 1. The first-order valence-corrected chi connectivity index (χ1v) is 5.09. The van der Waals surface area contributed by atoms with E-state index in [0.717, 1.165) is 18.6 Å². The number of thioether (sulfide) groups is 1. The van der Waals surface area contributed by atoms with Gasteiger partial charge in [0.25, 0.3) is 0 Å². The summed E-state index contributed by atoms with van der Waals surface area (Å²) in [5.74, 6) is 0.697. The lowest BCUT2D eigenvalue weighted by molar-refractivity contribution is -0.120. The minimum absolute atomic E-state index is 0.00921. The molecule has 2 aliphatic rings. The third-order valence-corrected chi connectivity index (χ3v) is 3.54. The zero-order chi connectivity index (χ0) is 8.55. The van der Waals surface area contributed by atoms with E-state index in [1.807, 2.05) is 0 Å². The molecule has 0 spiro atoms. The second kappa shape index (κ2) is 2.98. The maximum atomic E-state index is 11.0. The number of rotatable bonds is 1. The molecule has 1 amide bonds. The van der Waals surface area contributed by atoms with Crippen LogP contribution >= 0.6 is 11.8 Å². The number of primary amides is 1. The molecule has 1 aliphatic carbocycles. The maximum absolute atomic E-state index is 11.0. The predicted octanol–water partition coefficient (Wildman–Crippen LogP) is 1.44.